The number of likely N-dealkylation sites (tertiary alicyclic amines) is 1. The second kappa shape index (κ2) is 3.69. The highest BCUT2D eigenvalue weighted by Crippen LogP contribution is 2.17. The maximum atomic E-state index is 10.7. The lowest BCUT2D eigenvalue weighted by atomic mass is 10.1. The summed E-state index contributed by atoms with van der Waals surface area (Å²) < 4.78 is 0. The highest BCUT2D eigenvalue weighted by Gasteiger charge is 2.23. The Bertz CT molecular complexity index is 149. The zero-order chi connectivity index (χ0) is 8.27. The Morgan fingerprint density at radius 3 is 3.00 bits per heavy atom. The molecule has 4 heteroatoms. The first-order valence-corrected chi connectivity index (χ1v) is 3.84. The van der Waals surface area contributed by atoms with Gasteiger partial charge in [0.1, 0.15) is 0 Å². The smallest absolute Gasteiger partial charge is 0.325 e. The molecule has 0 aromatic rings. The fraction of sp³-hybridized carbons (Fsp3) is 0.857. The zero-order valence-corrected chi connectivity index (χ0v) is 6.75. The van der Waals surface area contributed by atoms with Crippen LogP contribution < -0.4 is 5.90 Å². The van der Waals surface area contributed by atoms with Gasteiger partial charge in [-0.05, 0) is 26.4 Å². The van der Waals surface area contributed by atoms with Crippen molar-refractivity contribution in [3.8, 4) is 0 Å². The predicted molar refractivity (Wildman–Crippen MR) is 40.5 cm³/mol. The molecule has 0 amide bonds. The monoisotopic (exact) mass is 158 g/mol. The molecule has 1 aliphatic rings. The van der Waals surface area contributed by atoms with E-state index >= 15 is 0 Å². The third-order valence-corrected chi connectivity index (χ3v) is 2.21. The van der Waals surface area contributed by atoms with Crippen molar-refractivity contribution in [2.24, 2.45) is 5.90 Å². The van der Waals surface area contributed by atoms with Crippen molar-refractivity contribution in [2.75, 3.05) is 13.6 Å². The van der Waals surface area contributed by atoms with E-state index in [1.165, 1.54) is 6.42 Å². The van der Waals surface area contributed by atoms with Crippen molar-refractivity contribution in [3.63, 3.8) is 0 Å². The average Bonchev–Trinajstić information content (AvgIpc) is 2.37. The molecule has 1 rings (SSSR count). The quantitative estimate of drug-likeness (QED) is 0.569. The van der Waals surface area contributed by atoms with Crippen LogP contribution in [0.3, 0.4) is 0 Å². The van der Waals surface area contributed by atoms with E-state index in [4.69, 9.17) is 5.90 Å². The van der Waals surface area contributed by atoms with E-state index < -0.39 is 0 Å². The van der Waals surface area contributed by atoms with Crippen LogP contribution in [0, 0.1) is 0 Å². The van der Waals surface area contributed by atoms with E-state index in [1.807, 2.05) is 7.05 Å². The molecule has 0 aliphatic carbocycles. The number of hydrogen-bond acceptors (Lipinski definition) is 4. The second-order valence-electron chi connectivity index (χ2n) is 2.97. The Morgan fingerprint density at radius 2 is 2.55 bits per heavy atom. The summed E-state index contributed by atoms with van der Waals surface area (Å²) in [4.78, 5) is 17.0. The Hall–Kier alpha value is -0.610. The average molecular weight is 158 g/mol. The number of nitrogens with two attached hydrogens (primary N) is 1. The number of hydrogen-bond donors (Lipinski definition) is 1. The number of nitrogens with zero attached hydrogens (tertiary/aromatic N) is 1. The van der Waals surface area contributed by atoms with Crippen LogP contribution in [0.4, 0.5) is 0 Å². The maximum absolute atomic E-state index is 10.7. The molecular formula is C7H14N2O2. The molecule has 0 aromatic carbocycles. The molecule has 1 saturated heterocycles. The summed E-state index contributed by atoms with van der Waals surface area (Å²) in [5.74, 6) is 4.41. The molecule has 0 bridgehead atoms. The molecule has 11 heavy (non-hydrogen) atoms. The van der Waals surface area contributed by atoms with Gasteiger partial charge in [-0.2, -0.15) is 5.90 Å². The van der Waals surface area contributed by atoms with E-state index in [-0.39, 0.29) is 5.97 Å². The topological polar surface area (TPSA) is 55.6 Å². The molecule has 1 heterocycles. The number of carbonyl (C=O) groups is 1. The molecule has 0 spiro atoms. The van der Waals surface area contributed by atoms with Gasteiger partial charge < -0.3 is 9.74 Å². The van der Waals surface area contributed by atoms with Crippen LogP contribution in [0.2, 0.25) is 0 Å². The fourth-order valence-electron chi connectivity index (χ4n) is 1.48. The maximum Gasteiger partial charge on any atom is 0.325 e. The van der Waals surface area contributed by atoms with Crippen molar-refractivity contribution in [3.05, 3.63) is 0 Å². The lowest BCUT2D eigenvalue weighted by Crippen LogP contribution is -2.28. The molecule has 4 nitrogen and oxygen atoms in total. The molecule has 2 N–H and O–H groups in total. The van der Waals surface area contributed by atoms with Crippen LogP contribution in [-0.2, 0) is 9.63 Å². The van der Waals surface area contributed by atoms with Gasteiger partial charge >= 0.3 is 5.97 Å². The summed E-state index contributed by atoms with van der Waals surface area (Å²) in [7, 11) is 2.02. The summed E-state index contributed by atoms with van der Waals surface area (Å²) in [5, 5.41) is 0. The molecule has 1 aliphatic heterocycles. The van der Waals surface area contributed by atoms with Gasteiger partial charge in [0.2, 0.25) is 0 Å². The summed E-state index contributed by atoms with van der Waals surface area (Å²) in [6.45, 7) is 1.07. The van der Waals surface area contributed by atoms with Gasteiger partial charge in [0.25, 0.3) is 0 Å². The van der Waals surface area contributed by atoms with Crippen molar-refractivity contribution < 1.29 is 9.63 Å². The first kappa shape index (κ1) is 8.49. The first-order chi connectivity index (χ1) is 5.24. The Morgan fingerprint density at radius 1 is 1.82 bits per heavy atom. The highest BCUT2D eigenvalue weighted by atomic mass is 16.7. The van der Waals surface area contributed by atoms with E-state index in [0.29, 0.717) is 12.5 Å². The largest absolute Gasteiger partial charge is 0.373 e. The van der Waals surface area contributed by atoms with Crippen LogP contribution in [0.15, 0.2) is 0 Å². The van der Waals surface area contributed by atoms with Crippen LogP contribution in [0.25, 0.3) is 0 Å². The normalized spacial score (nSPS) is 25.5. The molecule has 1 atom stereocenters. The standard InChI is InChI=1S/C7H14N2O2/c1-9-4-2-3-6(9)5-7(10)11-8/h6H,2-5,8H2,1H3/t6-/m0/s1. The van der Waals surface area contributed by atoms with E-state index in [0.717, 1.165) is 13.0 Å². The predicted octanol–water partition coefficient (Wildman–Crippen LogP) is -0.112. The van der Waals surface area contributed by atoms with Gasteiger partial charge in [-0.25, -0.2) is 0 Å². The van der Waals surface area contributed by atoms with E-state index in [2.05, 4.69) is 9.74 Å². The zero-order valence-electron chi connectivity index (χ0n) is 6.75. The van der Waals surface area contributed by atoms with E-state index in [9.17, 15) is 4.79 Å². The van der Waals surface area contributed by atoms with Crippen molar-refractivity contribution >= 4 is 5.97 Å². The molecule has 0 saturated carbocycles. The van der Waals surface area contributed by atoms with Crippen LogP contribution in [0.1, 0.15) is 19.3 Å². The number of rotatable bonds is 2. The lowest BCUT2D eigenvalue weighted by Gasteiger charge is -2.16. The molecule has 0 unspecified atom stereocenters. The molecular weight excluding hydrogens is 144 g/mol. The minimum atomic E-state index is -0.316. The molecule has 0 radical (unpaired) electrons. The van der Waals surface area contributed by atoms with Gasteiger partial charge in [-0.3, -0.25) is 4.79 Å². The summed E-state index contributed by atoms with van der Waals surface area (Å²) in [6, 6.07) is 0.339. The molecule has 0 aromatic heterocycles. The minimum Gasteiger partial charge on any atom is -0.373 e. The minimum absolute atomic E-state index is 0.316. The molecule has 1 fully saturated rings. The SMILES string of the molecule is CN1CCC[C@H]1CC(=O)ON. The number of carbonyl (C=O) groups excluding carboxylic acids is 1. The van der Waals surface area contributed by atoms with Crippen LogP contribution in [0.5, 0.6) is 0 Å². The van der Waals surface area contributed by atoms with Gasteiger partial charge in [0, 0.05) is 6.04 Å². The Kier molecular flexibility index (Phi) is 2.84. The lowest BCUT2D eigenvalue weighted by molar-refractivity contribution is -0.145. The van der Waals surface area contributed by atoms with Gasteiger partial charge in [-0.1, -0.05) is 0 Å². The summed E-state index contributed by atoms with van der Waals surface area (Å²) in [6.07, 6.45) is 2.66. The third kappa shape index (κ3) is 2.17. The summed E-state index contributed by atoms with van der Waals surface area (Å²) in [5.41, 5.74) is 0. The Labute approximate surface area is 66.3 Å². The fourth-order valence-corrected chi connectivity index (χ4v) is 1.48. The first-order valence-electron chi connectivity index (χ1n) is 3.84. The van der Waals surface area contributed by atoms with Crippen LogP contribution in [-0.4, -0.2) is 30.5 Å². The Balaban J connectivity index is 2.30. The molecule has 64 valence electrons. The highest BCUT2D eigenvalue weighted by molar-refractivity contribution is 5.69. The van der Waals surface area contributed by atoms with Crippen LogP contribution >= 0.6 is 0 Å². The van der Waals surface area contributed by atoms with Crippen molar-refractivity contribution in [2.45, 2.75) is 25.3 Å². The second-order valence-corrected chi connectivity index (χ2v) is 2.97. The van der Waals surface area contributed by atoms with Crippen molar-refractivity contribution in [1.29, 1.82) is 0 Å². The third-order valence-electron chi connectivity index (χ3n) is 2.21. The summed E-state index contributed by atoms with van der Waals surface area (Å²) >= 11 is 0. The van der Waals surface area contributed by atoms with Gasteiger partial charge in [-0.15, -0.1) is 0 Å². The van der Waals surface area contributed by atoms with Gasteiger partial charge in [0.05, 0.1) is 6.42 Å². The van der Waals surface area contributed by atoms with Gasteiger partial charge in [0.15, 0.2) is 0 Å². The van der Waals surface area contributed by atoms with Crippen molar-refractivity contribution in [1.82, 2.24) is 4.90 Å². The van der Waals surface area contributed by atoms with E-state index in [1.54, 1.807) is 0 Å².